The Morgan fingerprint density at radius 3 is 2.66 bits per heavy atom. The van der Waals surface area contributed by atoms with Crippen LogP contribution in [0.1, 0.15) is 39.3 Å². The molecule has 5 rings (SSSR count). The topological polar surface area (TPSA) is 88.8 Å². The van der Waals surface area contributed by atoms with E-state index in [4.69, 9.17) is 4.74 Å². The SMILES string of the molecule is O=C(NC(c1ccccn1)C(F)(F)F)c1nc(C(=O)N2C[C@@H]3C[C@H]2CO3)n2ccccc12. The Hall–Kier alpha value is -3.47. The van der Waals surface area contributed by atoms with E-state index in [0.29, 0.717) is 13.2 Å². The molecule has 0 aromatic carbocycles. The number of rotatable bonds is 4. The van der Waals surface area contributed by atoms with Gasteiger partial charge in [0.25, 0.3) is 11.8 Å². The molecule has 1 unspecified atom stereocenters. The van der Waals surface area contributed by atoms with Crippen molar-refractivity contribution in [1.82, 2.24) is 24.6 Å². The number of amides is 2. The second-order valence-electron chi connectivity index (χ2n) is 7.74. The van der Waals surface area contributed by atoms with Gasteiger partial charge in [0.1, 0.15) is 0 Å². The minimum absolute atomic E-state index is 0.0242. The Balaban J connectivity index is 1.49. The van der Waals surface area contributed by atoms with Crippen molar-refractivity contribution in [1.29, 1.82) is 0 Å². The summed E-state index contributed by atoms with van der Waals surface area (Å²) in [5, 5.41) is 1.98. The van der Waals surface area contributed by atoms with Gasteiger partial charge in [-0.05, 0) is 30.7 Å². The van der Waals surface area contributed by atoms with Crippen molar-refractivity contribution < 1.29 is 27.5 Å². The van der Waals surface area contributed by atoms with Gasteiger partial charge in [0.2, 0.25) is 5.82 Å². The molecule has 2 bridgehead atoms. The first kappa shape index (κ1) is 20.4. The summed E-state index contributed by atoms with van der Waals surface area (Å²) in [6.45, 7) is 0.854. The van der Waals surface area contributed by atoms with Crippen LogP contribution in [0, 0.1) is 0 Å². The van der Waals surface area contributed by atoms with E-state index in [-0.39, 0.29) is 34.9 Å². The minimum atomic E-state index is -4.77. The molecule has 0 radical (unpaired) electrons. The molecule has 2 aliphatic heterocycles. The molecule has 2 amide bonds. The van der Waals surface area contributed by atoms with Gasteiger partial charge < -0.3 is 15.0 Å². The van der Waals surface area contributed by atoms with Gasteiger partial charge in [0.05, 0.1) is 30.0 Å². The summed E-state index contributed by atoms with van der Waals surface area (Å²) in [5.74, 6) is -1.47. The number of ether oxygens (including phenoxy) is 1. The maximum Gasteiger partial charge on any atom is 0.414 e. The van der Waals surface area contributed by atoms with Crippen LogP contribution >= 0.6 is 0 Å². The van der Waals surface area contributed by atoms with Gasteiger partial charge in [-0.15, -0.1) is 0 Å². The van der Waals surface area contributed by atoms with Crippen molar-refractivity contribution in [2.45, 2.75) is 30.8 Å². The minimum Gasteiger partial charge on any atom is -0.374 e. The standard InChI is InChI=1S/C21H18F3N5O3/c22-21(23,24)17(14-5-1-3-7-25-14)27-19(30)16-15-6-2-4-8-28(15)18(26-16)20(31)29-10-13-9-12(29)11-32-13/h1-8,12-13,17H,9-11H2,(H,27,30)/t12-,13-,17?/m0/s1. The molecule has 3 aromatic heterocycles. The largest absolute Gasteiger partial charge is 0.414 e. The molecule has 3 atom stereocenters. The van der Waals surface area contributed by atoms with E-state index >= 15 is 0 Å². The highest BCUT2D eigenvalue weighted by Gasteiger charge is 2.45. The molecular weight excluding hydrogens is 427 g/mol. The number of aromatic nitrogens is 3. The second-order valence-corrected chi connectivity index (χ2v) is 7.74. The van der Waals surface area contributed by atoms with Crippen molar-refractivity contribution >= 4 is 17.3 Å². The number of imidazole rings is 1. The number of fused-ring (bicyclic) bond motifs is 3. The average molecular weight is 445 g/mol. The van der Waals surface area contributed by atoms with E-state index in [1.165, 1.54) is 34.9 Å². The molecule has 0 saturated carbocycles. The lowest BCUT2D eigenvalue weighted by Crippen LogP contribution is -2.42. The fourth-order valence-corrected chi connectivity index (χ4v) is 4.20. The predicted octanol–water partition coefficient (Wildman–Crippen LogP) is 2.38. The lowest BCUT2D eigenvalue weighted by Gasteiger charge is -2.26. The number of hydrogen-bond donors (Lipinski definition) is 1. The number of hydrogen-bond acceptors (Lipinski definition) is 5. The zero-order chi connectivity index (χ0) is 22.5. The molecule has 5 heterocycles. The van der Waals surface area contributed by atoms with E-state index in [1.54, 1.807) is 23.2 Å². The molecule has 166 valence electrons. The average Bonchev–Trinajstić information content (AvgIpc) is 3.51. The lowest BCUT2D eigenvalue weighted by molar-refractivity contribution is -0.156. The lowest BCUT2D eigenvalue weighted by atomic mass is 10.1. The Kier molecular flexibility index (Phi) is 4.85. The van der Waals surface area contributed by atoms with Gasteiger partial charge in [0.15, 0.2) is 11.7 Å². The Bertz CT molecular complexity index is 1180. The van der Waals surface area contributed by atoms with Crippen LogP contribution in [-0.4, -0.2) is 62.6 Å². The number of alkyl halides is 3. The monoisotopic (exact) mass is 445 g/mol. The van der Waals surface area contributed by atoms with E-state index in [9.17, 15) is 22.8 Å². The third kappa shape index (κ3) is 3.48. The number of pyridine rings is 2. The van der Waals surface area contributed by atoms with Gasteiger partial charge in [0, 0.05) is 18.9 Å². The van der Waals surface area contributed by atoms with Crippen molar-refractivity contribution in [2.75, 3.05) is 13.2 Å². The summed E-state index contributed by atoms with van der Waals surface area (Å²) in [5.41, 5.74) is -0.378. The number of morpholine rings is 1. The summed E-state index contributed by atoms with van der Waals surface area (Å²) in [4.78, 5) is 35.6. The highest BCUT2D eigenvalue weighted by Crippen LogP contribution is 2.32. The van der Waals surface area contributed by atoms with Crippen LogP contribution in [-0.2, 0) is 4.74 Å². The Morgan fingerprint density at radius 2 is 2.00 bits per heavy atom. The zero-order valence-electron chi connectivity index (χ0n) is 16.6. The van der Waals surface area contributed by atoms with Gasteiger partial charge >= 0.3 is 6.18 Å². The molecular formula is C21H18F3N5O3. The molecule has 0 spiro atoms. The van der Waals surface area contributed by atoms with Crippen LogP contribution in [0.5, 0.6) is 0 Å². The summed E-state index contributed by atoms with van der Waals surface area (Å²) >= 11 is 0. The number of likely N-dealkylation sites (tertiary alicyclic amines) is 1. The third-order valence-corrected chi connectivity index (χ3v) is 5.70. The van der Waals surface area contributed by atoms with E-state index in [2.05, 4.69) is 9.97 Å². The van der Waals surface area contributed by atoms with Crippen molar-refractivity contribution in [3.63, 3.8) is 0 Å². The maximum absolute atomic E-state index is 13.7. The number of carbonyl (C=O) groups is 2. The summed E-state index contributed by atoms with van der Waals surface area (Å²) in [6.07, 6.45) is -1.29. The molecule has 32 heavy (non-hydrogen) atoms. The first-order valence-corrected chi connectivity index (χ1v) is 10.0. The molecule has 11 heteroatoms. The molecule has 0 aliphatic carbocycles. The van der Waals surface area contributed by atoms with Gasteiger partial charge in [-0.3, -0.25) is 19.0 Å². The van der Waals surface area contributed by atoms with Crippen molar-refractivity contribution in [2.24, 2.45) is 0 Å². The smallest absolute Gasteiger partial charge is 0.374 e. The molecule has 2 fully saturated rings. The van der Waals surface area contributed by atoms with Crippen molar-refractivity contribution in [3.8, 4) is 0 Å². The Morgan fingerprint density at radius 1 is 1.19 bits per heavy atom. The number of halogens is 3. The molecule has 3 aromatic rings. The fraction of sp³-hybridized carbons (Fsp3) is 0.333. The molecule has 1 N–H and O–H groups in total. The van der Waals surface area contributed by atoms with Gasteiger partial charge in [-0.25, -0.2) is 4.98 Å². The van der Waals surface area contributed by atoms with Crippen LogP contribution in [0.25, 0.3) is 5.52 Å². The number of carbonyl (C=O) groups excluding carboxylic acids is 2. The van der Waals surface area contributed by atoms with Crippen LogP contribution in [0.3, 0.4) is 0 Å². The fourth-order valence-electron chi connectivity index (χ4n) is 4.20. The van der Waals surface area contributed by atoms with Crippen LogP contribution in [0.15, 0.2) is 48.8 Å². The normalized spacial score (nSPS) is 21.2. The second kappa shape index (κ2) is 7.59. The van der Waals surface area contributed by atoms with Gasteiger partial charge in [-0.2, -0.15) is 13.2 Å². The highest BCUT2D eigenvalue weighted by molar-refractivity contribution is 6.02. The quantitative estimate of drug-likeness (QED) is 0.666. The highest BCUT2D eigenvalue weighted by atomic mass is 19.4. The summed E-state index contributed by atoms with van der Waals surface area (Å²) in [7, 11) is 0. The van der Waals surface area contributed by atoms with E-state index < -0.39 is 24.0 Å². The number of nitrogens with zero attached hydrogens (tertiary/aromatic N) is 4. The molecule has 8 nitrogen and oxygen atoms in total. The first-order valence-electron chi connectivity index (χ1n) is 10.0. The Labute approximate surface area is 180 Å². The molecule has 2 saturated heterocycles. The summed E-state index contributed by atoms with van der Waals surface area (Å²) in [6, 6.07) is 6.48. The van der Waals surface area contributed by atoms with Crippen LogP contribution in [0.4, 0.5) is 13.2 Å². The van der Waals surface area contributed by atoms with Crippen LogP contribution in [0.2, 0.25) is 0 Å². The summed E-state index contributed by atoms with van der Waals surface area (Å²) < 4.78 is 47.9. The maximum atomic E-state index is 13.7. The number of nitrogens with one attached hydrogen (secondary N) is 1. The predicted molar refractivity (Wildman–Crippen MR) is 105 cm³/mol. The third-order valence-electron chi connectivity index (χ3n) is 5.70. The van der Waals surface area contributed by atoms with Crippen molar-refractivity contribution in [3.05, 3.63) is 66.0 Å². The zero-order valence-corrected chi connectivity index (χ0v) is 16.6. The van der Waals surface area contributed by atoms with E-state index in [1.807, 2.05) is 5.32 Å². The van der Waals surface area contributed by atoms with Gasteiger partial charge in [-0.1, -0.05) is 12.1 Å². The van der Waals surface area contributed by atoms with E-state index in [0.717, 1.165) is 6.42 Å². The van der Waals surface area contributed by atoms with Crippen LogP contribution < -0.4 is 5.32 Å². The first-order chi connectivity index (χ1) is 15.3. The molecule has 2 aliphatic rings.